The molecule has 4 rings (SSSR count). The van der Waals surface area contributed by atoms with E-state index in [9.17, 15) is 31.9 Å². The first kappa shape index (κ1) is 29.0. The molecule has 4 heterocycles. The van der Waals surface area contributed by atoms with Gasteiger partial charge < -0.3 is 9.84 Å². The monoisotopic (exact) mass is 581 g/mol. The average Bonchev–Trinajstić information content (AvgIpc) is 2.86. The fraction of sp³-hybridized carbons (Fsp3) is 0.269. The zero-order chi connectivity index (χ0) is 29.6. The number of hydrogen-bond donors (Lipinski definition) is 1. The van der Waals surface area contributed by atoms with Gasteiger partial charge in [-0.3, -0.25) is 19.3 Å². The van der Waals surface area contributed by atoms with Gasteiger partial charge in [0, 0.05) is 30.2 Å². The minimum absolute atomic E-state index is 0.108. The minimum Gasteiger partial charge on any atom is -0.485 e. The maximum absolute atomic E-state index is 13.9. The van der Waals surface area contributed by atoms with Gasteiger partial charge in [-0.25, -0.2) is 18.7 Å². The highest BCUT2D eigenvalue weighted by Gasteiger charge is 2.37. The van der Waals surface area contributed by atoms with Gasteiger partial charge in [-0.2, -0.15) is 13.2 Å². The summed E-state index contributed by atoms with van der Waals surface area (Å²) in [5, 5.41) is 9.87. The zero-order valence-electron chi connectivity index (χ0n) is 21.4. The van der Waals surface area contributed by atoms with Crippen LogP contribution in [0.1, 0.15) is 42.2 Å². The fourth-order valence-corrected chi connectivity index (χ4v) is 3.94. The number of nitrogens with zero attached hydrogens (tertiary/aromatic N) is 5. The van der Waals surface area contributed by atoms with E-state index in [1.54, 1.807) is 6.92 Å². The first-order valence-corrected chi connectivity index (χ1v) is 11.9. The number of pyridine rings is 3. The Bertz CT molecular complexity index is 1670. The SMILES string of the molecule is Cc1cnc(-c2nc(C(C)(C)O)ncc2C(F)(F)F)cc1-n1c(C)cc(OCc2ncc(F)cc2F)c(Cl)c1=O. The standard InChI is InChI=1S/C26H21ClF5N5O3/c1-12-8-33-17(22-15(26(30,31)32)10-35-24(36-22)25(3,4)39)7-19(12)37-13(2)5-20(21(27)23(37)38)40-11-18-16(29)6-14(28)9-34-18/h5-10,39H,11H2,1-4H3. The van der Waals surface area contributed by atoms with E-state index in [0.717, 1.165) is 10.8 Å². The summed E-state index contributed by atoms with van der Waals surface area (Å²) < 4.78 is 75.2. The molecule has 0 saturated carbocycles. The molecule has 0 aliphatic carbocycles. The van der Waals surface area contributed by atoms with Crippen molar-refractivity contribution in [1.29, 1.82) is 0 Å². The maximum Gasteiger partial charge on any atom is 0.420 e. The highest BCUT2D eigenvalue weighted by Crippen LogP contribution is 2.37. The largest absolute Gasteiger partial charge is 0.485 e. The third-order valence-electron chi connectivity index (χ3n) is 5.75. The minimum atomic E-state index is -4.84. The van der Waals surface area contributed by atoms with Gasteiger partial charge in [-0.05, 0) is 39.3 Å². The van der Waals surface area contributed by atoms with Crippen LogP contribution in [0.25, 0.3) is 17.1 Å². The van der Waals surface area contributed by atoms with Crippen molar-refractivity contribution in [3.8, 4) is 22.8 Å². The summed E-state index contributed by atoms with van der Waals surface area (Å²) in [4.78, 5) is 28.6. The number of rotatable bonds is 6. The number of ether oxygens (including phenoxy) is 1. The van der Waals surface area contributed by atoms with Gasteiger partial charge in [0.05, 0.1) is 17.6 Å². The molecule has 0 atom stereocenters. The molecular formula is C26H21ClF5N5O3. The van der Waals surface area contributed by atoms with E-state index in [1.807, 2.05) is 0 Å². The highest BCUT2D eigenvalue weighted by atomic mass is 35.5. The molecule has 8 nitrogen and oxygen atoms in total. The molecular weight excluding hydrogens is 561 g/mol. The molecule has 4 aromatic rings. The first-order chi connectivity index (χ1) is 18.6. The zero-order valence-corrected chi connectivity index (χ0v) is 22.2. The van der Waals surface area contributed by atoms with Gasteiger partial charge in [0.15, 0.2) is 11.6 Å². The molecule has 0 saturated heterocycles. The molecule has 14 heteroatoms. The number of hydrogen-bond acceptors (Lipinski definition) is 7. The van der Waals surface area contributed by atoms with Gasteiger partial charge in [-0.15, -0.1) is 0 Å². The lowest BCUT2D eigenvalue weighted by atomic mass is 10.1. The summed E-state index contributed by atoms with van der Waals surface area (Å²) in [5.74, 6) is -2.19. The summed E-state index contributed by atoms with van der Waals surface area (Å²) >= 11 is 6.27. The van der Waals surface area contributed by atoms with Gasteiger partial charge in [-0.1, -0.05) is 11.6 Å². The van der Waals surface area contributed by atoms with Crippen LogP contribution in [0.4, 0.5) is 22.0 Å². The summed E-state index contributed by atoms with van der Waals surface area (Å²) in [6.07, 6.45) is -2.20. The molecule has 0 aliphatic rings. The molecule has 0 radical (unpaired) electrons. The lowest BCUT2D eigenvalue weighted by Crippen LogP contribution is -2.23. The van der Waals surface area contributed by atoms with E-state index in [2.05, 4.69) is 19.9 Å². The average molecular weight is 582 g/mol. The van der Waals surface area contributed by atoms with Crippen molar-refractivity contribution in [2.45, 2.75) is 46.1 Å². The van der Waals surface area contributed by atoms with Crippen LogP contribution in [0.5, 0.6) is 5.75 Å². The Kier molecular flexibility index (Phi) is 7.65. The van der Waals surface area contributed by atoms with E-state index in [4.69, 9.17) is 16.3 Å². The predicted molar refractivity (Wildman–Crippen MR) is 134 cm³/mol. The fourth-order valence-electron chi connectivity index (χ4n) is 3.74. The third-order valence-corrected chi connectivity index (χ3v) is 6.10. The van der Waals surface area contributed by atoms with Crippen molar-refractivity contribution in [3.63, 3.8) is 0 Å². The van der Waals surface area contributed by atoms with Crippen molar-refractivity contribution in [2.75, 3.05) is 0 Å². The van der Waals surface area contributed by atoms with E-state index < -0.39 is 51.9 Å². The van der Waals surface area contributed by atoms with Crippen molar-refractivity contribution >= 4 is 11.6 Å². The lowest BCUT2D eigenvalue weighted by Gasteiger charge is -2.20. The Morgan fingerprint density at radius 3 is 2.35 bits per heavy atom. The number of aromatic nitrogens is 5. The van der Waals surface area contributed by atoms with E-state index >= 15 is 0 Å². The molecule has 0 bridgehead atoms. The van der Waals surface area contributed by atoms with Gasteiger partial charge in [0.1, 0.15) is 45.7 Å². The van der Waals surface area contributed by atoms with E-state index in [1.165, 1.54) is 39.1 Å². The van der Waals surface area contributed by atoms with Crippen LogP contribution in [-0.2, 0) is 18.4 Å². The second-order valence-corrected chi connectivity index (χ2v) is 9.72. The highest BCUT2D eigenvalue weighted by molar-refractivity contribution is 6.31. The van der Waals surface area contributed by atoms with Crippen molar-refractivity contribution < 1.29 is 31.8 Å². The van der Waals surface area contributed by atoms with E-state index in [0.29, 0.717) is 17.8 Å². The lowest BCUT2D eigenvalue weighted by molar-refractivity contribution is -0.137. The van der Waals surface area contributed by atoms with Gasteiger partial charge in [0.2, 0.25) is 0 Å². The normalized spacial score (nSPS) is 12.1. The molecule has 210 valence electrons. The van der Waals surface area contributed by atoms with Crippen LogP contribution in [-0.4, -0.2) is 29.6 Å². The molecule has 0 spiro atoms. The van der Waals surface area contributed by atoms with Gasteiger partial charge in [0.25, 0.3) is 5.56 Å². The second kappa shape index (κ2) is 10.5. The van der Waals surface area contributed by atoms with Gasteiger partial charge >= 0.3 is 6.18 Å². The molecule has 0 aliphatic heterocycles. The Morgan fingerprint density at radius 1 is 1.02 bits per heavy atom. The Labute approximate surface area is 229 Å². The van der Waals surface area contributed by atoms with E-state index in [-0.39, 0.29) is 34.3 Å². The maximum atomic E-state index is 13.9. The molecule has 1 N–H and O–H groups in total. The summed E-state index contributed by atoms with van der Waals surface area (Å²) in [6.45, 7) is 5.31. The smallest absolute Gasteiger partial charge is 0.420 e. The van der Waals surface area contributed by atoms with Crippen LogP contribution < -0.4 is 10.3 Å². The van der Waals surface area contributed by atoms with Crippen LogP contribution in [0.2, 0.25) is 5.02 Å². The molecule has 0 unspecified atom stereocenters. The summed E-state index contributed by atoms with van der Waals surface area (Å²) in [5.41, 5.74) is -3.80. The van der Waals surface area contributed by atoms with Crippen LogP contribution in [0, 0.1) is 25.5 Å². The molecule has 0 fully saturated rings. The quantitative estimate of drug-likeness (QED) is 0.302. The molecule has 40 heavy (non-hydrogen) atoms. The van der Waals surface area contributed by atoms with Crippen LogP contribution >= 0.6 is 11.6 Å². The number of halogens is 6. The Balaban J connectivity index is 1.80. The van der Waals surface area contributed by atoms with Crippen molar-refractivity contribution in [2.24, 2.45) is 0 Å². The number of aryl methyl sites for hydroxylation is 2. The summed E-state index contributed by atoms with van der Waals surface area (Å²) in [7, 11) is 0. The van der Waals surface area contributed by atoms with Crippen molar-refractivity contribution in [3.05, 3.63) is 92.1 Å². The van der Waals surface area contributed by atoms with Crippen LogP contribution in [0.15, 0.2) is 41.6 Å². The number of alkyl halides is 3. The molecule has 0 amide bonds. The third kappa shape index (κ3) is 5.80. The molecule has 4 aromatic heterocycles. The summed E-state index contributed by atoms with van der Waals surface area (Å²) in [6, 6.07) is 3.25. The Hall–Kier alpha value is -3.97. The Morgan fingerprint density at radius 2 is 1.73 bits per heavy atom. The first-order valence-electron chi connectivity index (χ1n) is 11.6. The molecule has 0 aromatic carbocycles. The second-order valence-electron chi connectivity index (χ2n) is 9.34. The van der Waals surface area contributed by atoms with Crippen LogP contribution in [0.3, 0.4) is 0 Å². The topological polar surface area (TPSA) is 103 Å². The number of aliphatic hydroxyl groups is 1. The predicted octanol–water partition coefficient (Wildman–Crippen LogP) is 5.46. The van der Waals surface area contributed by atoms with Crippen molar-refractivity contribution in [1.82, 2.24) is 24.5 Å².